The van der Waals surface area contributed by atoms with Crippen LogP contribution >= 0.6 is 0 Å². The van der Waals surface area contributed by atoms with Crippen molar-refractivity contribution in [3.63, 3.8) is 0 Å². The number of imide groups is 1. The van der Waals surface area contributed by atoms with Crippen molar-refractivity contribution in [3.05, 3.63) is 57.9 Å². The molecular formula is C19H16N6O5. The van der Waals surface area contributed by atoms with Gasteiger partial charge in [-0.15, -0.1) is 0 Å². The summed E-state index contributed by atoms with van der Waals surface area (Å²) in [6.45, 7) is 3.36. The number of carbonyl (C=O) groups is 3. The maximum atomic E-state index is 12.6. The molecule has 30 heavy (non-hydrogen) atoms. The lowest BCUT2D eigenvalue weighted by Crippen LogP contribution is -2.37. The average Bonchev–Trinajstić information content (AvgIpc) is 3.22. The number of hydrogen-bond donors (Lipinski definition) is 1. The third kappa shape index (κ3) is 3.05. The van der Waals surface area contributed by atoms with Crippen molar-refractivity contribution in [2.24, 2.45) is 0 Å². The number of anilines is 1. The molecule has 3 heterocycles. The van der Waals surface area contributed by atoms with E-state index in [-0.39, 0.29) is 17.2 Å². The van der Waals surface area contributed by atoms with Crippen LogP contribution in [-0.2, 0) is 4.79 Å². The van der Waals surface area contributed by atoms with Crippen molar-refractivity contribution in [2.45, 2.75) is 19.9 Å². The highest BCUT2D eigenvalue weighted by Crippen LogP contribution is 2.30. The summed E-state index contributed by atoms with van der Waals surface area (Å²) in [6, 6.07) is 5.59. The van der Waals surface area contributed by atoms with Gasteiger partial charge >= 0.3 is 0 Å². The molecule has 0 bridgehead atoms. The molecule has 4 rings (SSSR count). The summed E-state index contributed by atoms with van der Waals surface area (Å²) in [5, 5.41) is 18.7. The number of amides is 3. The summed E-state index contributed by atoms with van der Waals surface area (Å²) in [4.78, 5) is 52.9. The van der Waals surface area contributed by atoms with E-state index in [1.165, 1.54) is 18.3 Å². The Bertz CT molecular complexity index is 1230. The molecule has 11 nitrogen and oxygen atoms in total. The van der Waals surface area contributed by atoms with Gasteiger partial charge in [0.25, 0.3) is 17.5 Å². The molecule has 1 N–H and O–H groups in total. The first-order valence-corrected chi connectivity index (χ1v) is 9.04. The number of benzene rings is 1. The minimum atomic E-state index is -0.871. The molecule has 11 heteroatoms. The van der Waals surface area contributed by atoms with Crippen LogP contribution in [0.2, 0.25) is 0 Å². The number of fused-ring (bicyclic) bond motifs is 2. The second-order valence-electron chi connectivity index (χ2n) is 7.02. The normalized spacial score (nSPS) is 13.2. The minimum absolute atomic E-state index is 0.0915. The summed E-state index contributed by atoms with van der Waals surface area (Å²) in [5.74, 6) is -2.26. The molecule has 0 spiro atoms. The van der Waals surface area contributed by atoms with Gasteiger partial charge in [-0.25, -0.2) is 9.67 Å². The zero-order valence-electron chi connectivity index (χ0n) is 16.0. The van der Waals surface area contributed by atoms with Crippen molar-refractivity contribution < 1.29 is 19.3 Å². The van der Waals surface area contributed by atoms with E-state index >= 15 is 0 Å². The maximum Gasteiger partial charge on any atom is 0.282 e. The van der Waals surface area contributed by atoms with Gasteiger partial charge in [0.05, 0.1) is 28.6 Å². The molecule has 1 aliphatic rings. The fraction of sp³-hybridized carbons (Fsp3) is 0.211. The fourth-order valence-electron chi connectivity index (χ4n) is 3.34. The number of nitrogens with one attached hydrogen (secondary N) is 1. The topological polar surface area (TPSA) is 140 Å². The highest BCUT2D eigenvalue weighted by atomic mass is 16.6. The lowest BCUT2D eigenvalue weighted by Gasteiger charge is -2.13. The van der Waals surface area contributed by atoms with E-state index in [1.54, 1.807) is 16.9 Å². The van der Waals surface area contributed by atoms with E-state index in [4.69, 9.17) is 0 Å². The van der Waals surface area contributed by atoms with Gasteiger partial charge in [-0.3, -0.25) is 29.4 Å². The Morgan fingerprint density at radius 3 is 2.70 bits per heavy atom. The van der Waals surface area contributed by atoms with Crippen LogP contribution in [0.3, 0.4) is 0 Å². The van der Waals surface area contributed by atoms with Crippen LogP contribution in [0.25, 0.3) is 11.0 Å². The van der Waals surface area contributed by atoms with Crippen LogP contribution < -0.4 is 5.32 Å². The summed E-state index contributed by atoms with van der Waals surface area (Å²) < 4.78 is 1.74. The minimum Gasteiger partial charge on any atom is -0.323 e. The van der Waals surface area contributed by atoms with E-state index in [0.717, 1.165) is 11.5 Å². The zero-order chi connectivity index (χ0) is 21.6. The molecule has 1 aliphatic heterocycles. The quantitative estimate of drug-likeness (QED) is 0.387. The van der Waals surface area contributed by atoms with E-state index in [0.29, 0.717) is 16.2 Å². The lowest BCUT2D eigenvalue weighted by molar-refractivity contribution is -0.385. The Morgan fingerprint density at radius 2 is 2.00 bits per heavy atom. The average molecular weight is 408 g/mol. The van der Waals surface area contributed by atoms with Crippen LogP contribution in [0.4, 0.5) is 11.4 Å². The van der Waals surface area contributed by atoms with Crippen LogP contribution in [0.1, 0.15) is 40.6 Å². The fourth-order valence-corrected chi connectivity index (χ4v) is 3.34. The van der Waals surface area contributed by atoms with Crippen molar-refractivity contribution in [2.75, 3.05) is 11.9 Å². The molecule has 2 aromatic heterocycles. The molecule has 0 atom stereocenters. The van der Waals surface area contributed by atoms with Crippen LogP contribution in [0, 0.1) is 10.1 Å². The Balaban J connectivity index is 1.53. The Labute approximate surface area is 169 Å². The van der Waals surface area contributed by atoms with Gasteiger partial charge in [-0.05, 0) is 26.0 Å². The van der Waals surface area contributed by atoms with E-state index < -0.39 is 34.9 Å². The van der Waals surface area contributed by atoms with Crippen LogP contribution in [0.15, 0.2) is 36.7 Å². The Morgan fingerprint density at radius 1 is 1.23 bits per heavy atom. The number of aromatic nitrogens is 3. The van der Waals surface area contributed by atoms with Gasteiger partial charge in [-0.1, -0.05) is 6.07 Å². The lowest BCUT2D eigenvalue weighted by atomic mass is 10.1. The highest BCUT2D eigenvalue weighted by molar-refractivity contribution is 6.24. The zero-order valence-corrected chi connectivity index (χ0v) is 16.0. The predicted molar refractivity (Wildman–Crippen MR) is 105 cm³/mol. The summed E-state index contributed by atoms with van der Waals surface area (Å²) in [6.07, 6.45) is 3.08. The second-order valence-corrected chi connectivity index (χ2v) is 7.02. The Hall–Kier alpha value is -4.15. The van der Waals surface area contributed by atoms with Crippen molar-refractivity contribution in [1.29, 1.82) is 0 Å². The molecule has 0 saturated heterocycles. The van der Waals surface area contributed by atoms with Crippen molar-refractivity contribution >= 4 is 40.1 Å². The van der Waals surface area contributed by atoms with Gasteiger partial charge in [0, 0.05) is 17.5 Å². The Kier molecular flexibility index (Phi) is 4.49. The number of hydrogen-bond acceptors (Lipinski definition) is 7. The largest absolute Gasteiger partial charge is 0.323 e. The molecule has 0 aliphatic carbocycles. The number of nitro groups is 1. The first kappa shape index (κ1) is 19.2. The molecule has 152 valence electrons. The van der Waals surface area contributed by atoms with Crippen LogP contribution in [-0.4, -0.2) is 48.9 Å². The number of nitrogens with zero attached hydrogens (tertiary/aromatic N) is 5. The first-order chi connectivity index (χ1) is 14.3. The number of nitro benzene ring substituents is 1. The monoisotopic (exact) mass is 408 g/mol. The number of carbonyl (C=O) groups excluding carboxylic acids is 3. The molecule has 0 saturated carbocycles. The van der Waals surface area contributed by atoms with E-state index in [9.17, 15) is 24.5 Å². The maximum absolute atomic E-state index is 12.6. The first-order valence-electron chi connectivity index (χ1n) is 9.04. The molecule has 0 radical (unpaired) electrons. The SMILES string of the molecule is CC(C)n1ncc2cc(NC(=O)CN3C(=O)c4cccc([N+](=O)[O-])c4C3=O)cnc21. The van der Waals surface area contributed by atoms with Crippen molar-refractivity contribution in [3.8, 4) is 0 Å². The predicted octanol–water partition coefficient (Wildman–Crippen LogP) is 2.16. The number of rotatable bonds is 5. The summed E-state index contributed by atoms with van der Waals surface area (Å²) in [7, 11) is 0. The van der Waals surface area contributed by atoms with E-state index in [2.05, 4.69) is 15.4 Å². The van der Waals surface area contributed by atoms with E-state index in [1.807, 2.05) is 13.8 Å². The second kappa shape index (κ2) is 7.03. The molecule has 0 fully saturated rings. The van der Waals surface area contributed by atoms with Crippen molar-refractivity contribution in [1.82, 2.24) is 19.7 Å². The highest BCUT2D eigenvalue weighted by Gasteiger charge is 2.41. The molecular weight excluding hydrogens is 392 g/mol. The number of pyridine rings is 1. The van der Waals surface area contributed by atoms with Gasteiger partial charge in [0.15, 0.2) is 5.65 Å². The molecule has 0 unspecified atom stereocenters. The molecule has 3 amide bonds. The van der Waals surface area contributed by atoms with Crippen LogP contribution in [0.5, 0.6) is 0 Å². The summed E-state index contributed by atoms with van der Waals surface area (Å²) >= 11 is 0. The smallest absolute Gasteiger partial charge is 0.282 e. The van der Waals surface area contributed by atoms with Gasteiger partial charge < -0.3 is 5.32 Å². The van der Waals surface area contributed by atoms with Gasteiger partial charge in [-0.2, -0.15) is 5.10 Å². The molecule has 3 aromatic rings. The third-order valence-electron chi connectivity index (χ3n) is 4.68. The van der Waals surface area contributed by atoms with Gasteiger partial charge in [0.1, 0.15) is 12.1 Å². The summed E-state index contributed by atoms with van der Waals surface area (Å²) in [5.41, 5.74) is 0.176. The standard InChI is InChI=1S/C19H16N6O5/c1-10(2)24-17-11(7-21-24)6-12(8-20-17)22-15(26)9-23-18(27)13-4-3-5-14(25(29)30)16(13)19(23)28/h3-8,10H,9H2,1-2H3,(H,22,26). The third-order valence-corrected chi connectivity index (χ3v) is 4.68. The molecule has 1 aromatic carbocycles. The van der Waals surface area contributed by atoms with Gasteiger partial charge in [0.2, 0.25) is 5.91 Å².